The molecule has 0 spiro atoms. The van der Waals surface area contributed by atoms with Crippen LogP contribution in [0.2, 0.25) is 0 Å². The van der Waals surface area contributed by atoms with E-state index in [4.69, 9.17) is 4.74 Å². The maximum Gasteiger partial charge on any atom is 0.244 e. The van der Waals surface area contributed by atoms with Gasteiger partial charge in [0.05, 0.1) is 13.2 Å². The van der Waals surface area contributed by atoms with Crippen LogP contribution in [0.1, 0.15) is 53.0 Å². The van der Waals surface area contributed by atoms with E-state index in [0.29, 0.717) is 6.04 Å². The average Bonchev–Trinajstić information content (AvgIpc) is 3.52. The van der Waals surface area contributed by atoms with Crippen LogP contribution in [-0.4, -0.2) is 43.3 Å². The van der Waals surface area contributed by atoms with Crippen LogP contribution in [-0.2, 0) is 9.53 Å². The predicted molar refractivity (Wildman–Crippen MR) is 120 cm³/mol. The Morgan fingerprint density at radius 3 is 2.57 bits per heavy atom. The third-order valence-corrected chi connectivity index (χ3v) is 6.34. The van der Waals surface area contributed by atoms with Crippen molar-refractivity contribution < 1.29 is 14.4 Å². The summed E-state index contributed by atoms with van der Waals surface area (Å²) in [4.78, 5) is 14.3. The fraction of sp³-hybridized carbons (Fsp3) is 0.480. The summed E-state index contributed by atoms with van der Waals surface area (Å²) >= 11 is 0. The molecule has 0 unspecified atom stereocenters. The van der Waals surface area contributed by atoms with Crippen LogP contribution < -0.4 is 10.2 Å². The zero-order valence-electron chi connectivity index (χ0n) is 18.4. The number of ether oxygens (including phenoxy) is 1. The van der Waals surface area contributed by atoms with Crippen LogP contribution in [0.15, 0.2) is 36.4 Å². The van der Waals surface area contributed by atoms with Gasteiger partial charge in [-0.2, -0.15) is 0 Å². The molecule has 2 aliphatic rings. The number of aromatic nitrogens is 1. The molecule has 2 heterocycles. The smallest absolute Gasteiger partial charge is 0.244 e. The monoisotopic (exact) mass is 408 g/mol. The first-order valence-electron chi connectivity index (χ1n) is 11.2. The number of aryl methyl sites for hydroxylation is 2. The summed E-state index contributed by atoms with van der Waals surface area (Å²) < 4.78 is 7.91. The van der Waals surface area contributed by atoms with Gasteiger partial charge in [0.25, 0.3) is 0 Å². The van der Waals surface area contributed by atoms with Gasteiger partial charge in [-0.25, -0.2) is 0 Å². The van der Waals surface area contributed by atoms with Crippen molar-refractivity contribution in [3.05, 3.63) is 64.5 Å². The highest BCUT2D eigenvalue weighted by atomic mass is 16.5. The molecule has 5 heteroatoms. The van der Waals surface area contributed by atoms with Gasteiger partial charge in [0.1, 0.15) is 25.7 Å². The number of carbonyl (C=O) groups is 1. The summed E-state index contributed by atoms with van der Waals surface area (Å²) in [7, 11) is 0. The van der Waals surface area contributed by atoms with E-state index in [0.717, 1.165) is 44.0 Å². The Morgan fingerprint density at radius 2 is 1.90 bits per heavy atom. The molecule has 4 rings (SSSR count). The Balaban J connectivity index is 1.46. The van der Waals surface area contributed by atoms with Crippen molar-refractivity contribution >= 4 is 12.0 Å². The molecule has 1 saturated carbocycles. The van der Waals surface area contributed by atoms with Gasteiger partial charge in [-0.3, -0.25) is 4.79 Å². The molecule has 0 radical (unpaired) electrons. The first-order chi connectivity index (χ1) is 14.5. The molecule has 1 aromatic heterocycles. The third kappa shape index (κ3) is 5.02. The largest absolute Gasteiger partial charge is 0.370 e. The van der Waals surface area contributed by atoms with E-state index >= 15 is 0 Å². The molecular weight excluding hydrogens is 374 g/mol. The third-order valence-electron chi connectivity index (χ3n) is 6.34. The Kier molecular flexibility index (Phi) is 6.40. The van der Waals surface area contributed by atoms with Crippen LogP contribution >= 0.6 is 0 Å². The number of amides is 1. The number of benzene rings is 1. The first-order valence-corrected chi connectivity index (χ1v) is 11.2. The number of carbonyl (C=O) groups excluding carboxylic acids is 1. The van der Waals surface area contributed by atoms with Crippen LogP contribution in [0, 0.1) is 20.8 Å². The van der Waals surface area contributed by atoms with Gasteiger partial charge in [-0.15, -0.1) is 0 Å². The van der Waals surface area contributed by atoms with E-state index in [2.05, 4.69) is 61.0 Å². The lowest BCUT2D eigenvalue weighted by Crippen LogP contribution is -3.14. The molecule has 160 valence electrons. The van der Waals surface area contributed by atoms with E-state index in [-0.39, 0.29) is 11.9 Å². The summed E-state index contributed by atoms with van der Waals surface area (Å²) in [6, 6.07) is 11.3. The first kappa shape index (κ1) is 20.9. The molecule has 1 saturated heterocycles. The summed E-state index contributed by atoms with van der Waals surface area (Å²) in [6.07, 6.45) is 6.18. The standard InChI is InChI=1S/C25H33N3O2/c1-18-4-6-21(7-5-18)24(17-27-12-14-30-15-13-27)26-25(29)11-8-22-16-19(2)28(20(22)3)23-9-10-23/h4-8,11,16,23-24H,9-10,12-15,17H2,1-3H3,(H,26,29)/p+1/b11-8+/t24-/m1/s1. The van der Waals surface area contributed by atoms with Crippen LogP contribution in [0.5, 0.6) is 0 Å². The molecule has 2 N–H and O–H groups in total. The number of hydrogen-bond acceptors (Lipinski definition) is 2. The number of hydrogen-bond donors (Lipinski definition) is 2. The number of quaternary nitrogens is 1. The van der Waals surface area contributed by atoms with Crippen LogP contribution in [0.25, 0.3) is 6.08 Å². The number of morpholine rings is 1. The van der Waals surface area contributed by atoms with Gasteiger partial charge >= 0.3 is 0 Å². The maximum absolute atomic E-state index is 12.8. The molecule has 1 aliphatic heterocycles. The van der Waals surface area contributed by atoms with Gasteiger partial charge in [-0.05, 0) is 56.9 Å². The molecule has 5 nitrogen and oxygen atoms in total. The fourth-order valence-corrected chi connectivity index (χ4v) is 4.46. The topological polar surface area (TPSA) is 47.7 Å². The molecule has 2 fully saturated rings. The van der Waals surface area contributed by atoms with Crippen molar-refractivity contribution in [2.24, 2.45) is 0 Å². The Morgan fingerprint density at radius 1 is 1.20 bits per heavy atom. The lowest BCUT2D eigenvalue weighted by Gasteiger charge is -2.28. The Labute approximate surface area is 179 Å². The second-order valence-corrected chi connectivity index (χ2v) is 8.80. The van der Waals surface area contributed by atoms with Crippen LogP contribution in [0.3, 0.4) is 0 Å². The van der Waals surface area contributed by atoms with Crippen molar-refractivity contribution in [3.63, 3.8) is 0 Å². The summed E-state index contributed by atoms with van der Waals surface area (Å²) in [6.45, 7) is 10.8. The molecular formula is C25H34N3O2+. The zero-order valence-corrected chi connectivity index (χ0v) is 18.4. The summed E-state index contributed by atoms with van der Waals surface area (Å²) in [5.74, 6) is -0.0375. The summed E-state index contributed by atoms with van der Waals surface area (Å²) in [5, 5.41) is 3.25. The quantitative estimate of drug-likeness (QED) is 0.692. The van der Waals surface area contributed by atoms with Gasteiger partial charge in [0.2, 0.25) is 5.91 Å². The lowest BCUT2D eigenvalue weighted by atomic mass is 10.0. The molecule has 1 amide bonds. The normalized spacial score (nSPS) is 18.6. The minimum Gasteiger partial charge on any atom is -0.370 e. The number of rotatable bonds is 7. The molecule has 1 aliphatic carbocycles. The molecule has 1 aromatic carbocycles. The van der Waals surface area contributed by atoms with Crippen molar-refractivity contribution in [3.8, 4) is 0 Å². The average molecular weight is 409 g/mol. The highest BCUT2D eigenvalue weighted by Crippen LogP contribution is 2.38. The Hall–Kier alpha value is -2.37. The second kappa shape index (κ2) is 9.19. The zero-order chi connectivity index (χ0) is 21.1. The fourth-order valence-electron chi connectivity index (χ4n) is 4.46. The molecule has 1 atom stereocenters. The van der Waals surface area contributed by atoms with Crippen molar-refractivity contribution in [1.82, 2.24) is 9.88 Å². The Bertz CT molecular complexity index is 903. The van der Waals surface area contributed by atoms with Crippen molar-refractivity contribution in [2.45, 2.75) is 45.7 Å². The molecule has 0 bridgehead atoms. The van der Waals surface area contributed by atoms with Gasteiger partial charge in [0, 0.05) is 23.5 Å². The SMILES string of the molecule is Cc1ccc([C@@H](C[NH+]2CCOCC2)NC(=O)/C=C/c2cc(C)n(C3CC3)c2C)cc1. The van der Waals surface area contributed by atoms with Gasteiger partial charge < -0.3 is 19.5 Å². The van der Waals surface area contributed by atoms with E-state index in [1.807, 2.05) is 6.08 Å². The highest BCUT2D eigenvalue weighted by Gasteiger charge is 2.26. The van der Waals surface area contributed by atoms with Gasteiger partial charge in [0.15, 0.2) is 0 Å². The number of nitrogens with zero attached hydrogens (tertiary/aromatic N) is 1. The molecule has 2 aromatic rings. The summed E-state index contributed by atoms with van der Waals surface area (Å²) in [5.41, 5.74) is 6.07. The van der Waals surface area contributed by atoms with Crippen molar-refractivity contribution in [2.75, 3.05) is 32.8 Å². The molecule has 30 heavy (non-hydrogen) atoms. The highest BCUT2D eigenvalue weighted by molar-refractivity contribution is 5.92. The number of nitrogens with one attached hydrogen (secondary N) is 2. The maximum atomic E-state index is 12.8. The minimum atomic E-state index is -0.0375. The van der Waals surface area contributed by atoms with E-state index in [1.165, 1.54) is 34.7 Å². The van der Waals surface area contributed by atoms with E-state index in [1.54, 1.807) is 6.08 Å². The lowest BCUT2D eigenvalue weighted by molar-refractivity contribution is -0.909. The predicted octanol–water partition coefficient (Wildman–Crippen LogP) is 2.53. The second-order valence-electron chi connectivity index (χ2n) is 8.80. The minimum absolute atomic E-state index is 0.00487. The van der Waals surface area contributed by atoms with E-state index in [9.17, 15) is 4.79 Å². The van der Waals surface area contributed by atoms with Crippen LogP contribution in [0.4, 0.5) is 0 Å². The van der Waals surface area contributed by atoms with E-state index < -0.39 is 0 Å². The van der Waals surface area contributed by atoms with Gasteiger partial charge in [-0.1, -0.05) is 29.8 Å². The van der Waals surface area contributed by atoms with Crippen molar-refractivity contribution in [1.29, 1.82) is 0 Å².